The van der Waals surface area contributed by atoms with E-state index in [2.05, 4.69) is 5.32 Å². The summed E-state index contributed by atoms with van der Waals surface area (Å²) in [6.45, 7) is 0. The summed E-state index contributed by atoms with van der Waals surface area (Å²) >= 11 is 1.24. The van der Waals surface area contributed by atoms with Crippen LogP contribution in [0.5, 0.6) is 5.75 Å². The number of thiophene rings is 1. The number of hydrogen-bond donors (Lipinski definition) is 1. The number of nitrogens with one attached hydrogen (secondary N) is 1. The van der Waals surface area contributed by atoms with E-state index in [1.165, 1.54) is 11.3 Å². The Kier molecular flexibility index (Phi) is 4.80. The summed E-state index contributed by atoms with van der Waals surface area (Å²) in [5.41, 5.74) is 0.845. The van der Waals surface area contributed by atoms with Gasteiger partial charge in [-0.25, -0.2) is 8.42 Å². The second kappa shape index (κ2) is 6.39. The van der Waals surface area contributed by atoms with E-state index in [-0.39, 0.29) is 11.8 Å². The Balaban J connectivity index is 2.30. The van der Waals surface area contributed by atoms with Gasteiger partial charge in [0.1, 0.15) is 9.96 Å². The molecule has 108 valence electrons. The van der Waals surface area contributed by atoms with Crippen molar-refractivity contribution in [3.05, 3.63) is 47.3 Å². The van der Waals surface area contributed by atoms with Gasteiger partial charge in [-0.05, 0) is 24.6 Å². The predicted molar refractivity (Wildman–Crippen MR) is 81.2 cm³/mol. The van der Waals surface area contributed by atoms with Crippen LogP contribution in [0.2, 0.25) is 0 Å². The number of rotatable bonds is 6. The molecule has 1 aromatic heterocycles. The first kappa shape index (κ1) is 15.0. The van der Waals surface area contributed by atoms with E-state index >= 15 is 0 Å². The highest BCUT2D eigenvalue weighted by molar-refractivity contribution is 7.93. The molecule has 20 heavy (non-hydrogen) atoms. The number of hydrogen-bond acceptors (Lipinski definition) is 5. The van der Waals surface area contributed by atoms with Crippen LogP contribution in [0, 0.1) is 0 Å². The average Bonchev–Trinajstić information content (AvgIpc) is 3.00. The van der Waals surface area contributed by atoms with Crippen LogP contribution in [0.25, 0.3) is 0 Å². The summed E-state index contributed by atoms with van der Waals surface area (Å²) < 4.78 is 30.4. The lowest BCUT2D eigenvalue weighted by Crippen LogP contribution is -2.25. The molecule has 0 aliphatic rings. The number of sulfone groups is 1. The summed E-state index contributed by atoms with van der Waals surface area (Å²) in [6, 6.07) is 10.5. The van der Waals surface area contributed by atoms with Crippen molar-refractivity contribution in [2.45, 2.75) is 10.3 Å². The van der Waals surface area contributed by atoms with Gasteiger partial charge in [-0.3, -0.25) is 0 Å². The maximum Gasteiger partial charge on any atom is 0.189 e. The molecule has 0 fully saturated rings. The van der Waals surface area contributed by atoms with Gasteiger partial charge in [-0.15, -0.1) is 11.3 Å². The topological polar surface area (TPSA) is 55.4 Å². The number of para-hydroxylation sites is 1. The zero-order chi connectivity index (χ0) is 14.6. The summed E-state index contributed by atoms with van der Waals surface area (Å²) in [6.07, 6.45) is 0. The number of ether oxygens (including phenoxy) is 1. The fourth-order valence-corrected chi connectivity index (χ4v) is 4.67. The molecule has 2 rings (SSSR count). The molecule has 1 heterocycles. The summed E-state index contributed by atoms with van der Waals surface area (Å²) in [4.78, 5) is 0. The van der Waals surface area contributed by atoms with Crippen LogP contribution in [0.3, 0.4) is 0 Å². The van der Waals surface area contributed by atoms with Gasteiger partial charge in [-0.2, -0.15) is 0 Å². The van der Waals surface area contributed by atoms with Gasteiger partial charge in [-0.1, -0.05) is 24.3 Å². The van der Waals surface area contributed by atoms with E-state index in [4.69, 9.17) is 4.74 Å². The summed E-state index contributed by atoms with van der Waals surface area (Å²) in [7, 11) is 0.0328. The predicted octanol–water partition coefficient (Wildman–Crippen LogP) is 2.49. The molecule has 4 nitrogen and oxygen atoms in total. The summed E-state index contributed by atoms with van der Waals surface area (Å²) in [5, 5.41) is 4.82. The third-order valence-corrected chi connectivity index (χ3v) is 6.28. The van der Waals surface area contributed by atoms with Gasteiger partial charge in [0.25, 0.3) is 0 Å². The second-order valence-electron chi connectivity index (χ2n) is 4.30. The minimum atomic E-state index is -3.30. The van der Waals surface area contributed by atoms with Crippen molar-refractivity contribution >= 4 is 21.2 Å². The number of methoxy groups -OCH3 is 1. The van der Waals surface area contributed by atoms with E-state index in [1.54, 1.807) is 31.7 Å². The van der Waals surface area contributed by atoms with Crippen molar-refractivity contribution < 1.29 is 13.2 Å². The SMILES string of the molecule is CNC(CS(=O)(=O)c1cccs1)c1ccccc1OC. The molecule has 1 aromatic carbocycles. The van der Waals surface area contributed by atoms with Crippen molar-refractivity contribution in [3.63, 3.8) is 0 Å². The highest BCUT2D eigenvalue weighted by Gasteiger charge is 2.24. The molecule has 0 amide bonds. The third kappa shape index (κ3) is 3.20. The van der Waals surface area contributed by atoms with Crippen LogP contribution in [-0.2, 0) is 9.84 Å². The molecule has 0 radical (unpaired) electrons. The minimum absolute atomic E-state index is 0.00435. The molecular weight excluding hydrogens is 294 g/mol. The lowest BCUT2D eigenvalue weighted by Gasteiger charge is -2.19. The Labute approximate surface area is 123 Å². The first-order chi connectivity index (χ1) is 9.58. The van der Waals surface area contributed by atoms with E-state index in [0.29, 0.717) is 9.96 Å². The molecule has 1 atom stereocenters. The molecule has 0 aliphatic carbocycles. The molecule has 0 bridgehead atoms. The fourth-order valence-electron chi connectivity index (χ4n) is 2.02. The van der Waals surface area contributed by atoms with Crippen LogP contribution in [0.4, 0.5) is 0 Å². The quantitative estimate of drug-likeness (QED) is 0.890. The van der Waals surface area contributed by atoms with Crippen molar-refractivity contribution in [1.29, 1.82) is 0 Å². The fraction of sp³-hybridized carbons (Fsp3) is 0.286. The zero-order valence-corrected chi connectivity index (χ0v) is 13.0. The van der Waals surface area contributed by atoms with E-state index in [1.807, 2.05) is 24.3 Å². The monoisotopic (exact) mass is 311 g/mol. The van der Waals surface area contributed by atoms with Gasteiger partial charge >= 0.3 is 0 Å². The Morgan fingerprint density at radius 1 is 1.25 bits per heavy atom. The lowest BCUT2D eigenvalue weighted by molar-refractivity contribution is 0.404. The second-order valence-corrected chi connectivity index (χ2v) is 7.51. The van der Waals surface area contributed by atoms with Gasteiger partial charge in [0, 0.05) is 11.6 Å². The lowest BCUT2D eigenvalue weighted by atomic mass is 10.1. The molecular formula is C14H17NO3S2. The Morgan fingerprint density at radius 3 is 2.60 bits per heavy atom. The Bertz CT molecular complexity index is 651. The molecule has 1 N–H and O–H groups in total. The van der Waals surface area contributed by atoms with Gasteiger partial charge in [0.15, 0.2) is 9.84 Å². The van der Waals surface area contributed by atoms with E-state index < -0.39 is 9.84 Å². The highest BCUT2D eigenvalue weighted by atomic mass is 32.2. The molecule has 0 saturated heterocycles. The van der Waals surface area contributed by atoms with Crippen LogP contribution in [0.15, 0.2) is 46.0 Å². The maximum atomic E-state index is 12.4. The smallest absolute Gasteiger partial charge is 0.189 e. The highest BCUT2D eigenvalue weighted by Crippen LogP contribution is 2.28. The Hall–Kier alpha value is -1.37. The molecule has 6 heteroatoms. The summed E-state index contributed by atoms with van der Waals surface area (Å²) in [5.74, 6) is 0.693. The van der Waals surface area contributed by atoms with Gasteiger partial charge < -0.3 is 10.1 Å². The van der Waals surface area contributed by atoms with E-state index in [9.17, 15) is 8.42 Å². The van der Waals surface area contributed by atoms with Gasteiger partial charge in [0.2, 0.25) is 0 Å². The molecule has 1 unspecified atom stereocenters. The molecule has 0 saturated carbocycles. The van der Waals surface area contributed by atoms with Crippen molar-refractivity contribution in [3.8, 4) is 5.75 Å². The van der Waals surface area contributed by atoms with Crippen LogP contribution in [0.1, 0.15) is 11.6 Å². The molecule has 2 aromatic rings. The van der Waals surface area contributed by atoms with Crippen LogP contribution >= 0.6 is 11.3 Å². The first-order valence-electron chi connectivity index (χ1n) is 6.15. The zero-order valence-electron chi connectivity index (χ0n) is 11.4. The largest absolute Gasteiger partial charge is 0.496 e. The van der Waals surface area contributed by atoms with E-state index in [0.717, 1.165) is 5.56 Å². The van der Waals surface area contributed by atoms with Crippen molar-refractivity contribution in [1.82, 2.24) is 5.32 Å². The standard InChI is InChI=1S/C14H17NO3S2/c1-15-12(11-6-3-4-7-13(11)18-2)10-20(16,17)14-8-5-9-19-14/h3-9,12,15H,10H2,1-2H3. The third-order valence-electron chi connectivity index (χ3n) is 3.05. The average molecular weight is 311 g/mol. The normalized spacial score (nSPS) is 13.1. The van der Waals surface area contributed by atoms with Crippen molar-refractivity contribution in [2.75, 3.05) is 19.9 Å². The van der Waals surface area contributed by atoms with Crippen molar-refractivity contribution in [2.24, 2.45) is 0 Å². The Morgan fingerprint density at radius 2 is 2.00 bits per heavy atom. The van der Waals surface area contributed by atoms with Crippen LogP contribution < -0.4 is 10.1 Å². The number of benzene rings is 1. The van der Waals surface area contributed by atoms with Gasteiger partial charge in [0.05, 0.1) is 12.9 Å². The van der Waals surface area contributed by atoms with Crippen LogP contribution in [-0.4, -0.2) is 28.3 Å². The molecule has 0 aliphatic heterocycles. The maximum absolute atomic E-state index is 12.4. The molecule has 0 spiro atoms. The first-order valence-corrected chi connectivity index (χ1v) is 8.68. The minimum Gasteiger partial charge on any atom is -0.496 e.